The van der Waals surface area contributed by atoms with Crippen LogP contribution >= 0.6 is 0 Å². The first kappa shape index (κ1) is 22.1. The first-order valence-corrected chi connectivity index (χ1v) is 12.6. The second kappa shape index (κ2) is 9.01. The molecule has 2 heterocycles. The highest BCUT2D eigenvalue weighted by Crippen LogP contribution is 2.44. The van der Waals surface area contributed by atoms with Crippen LogP contribution in [0.1, 0.15) is 40.2 Å². The van der Waals surface area contributed by atoms with Gasteiger partial charge in [0.1, 0.15) is 6.61 Å². The summed E-state index contributed by atoms with van der Waals surface area (Å²) in [6.07, 6.45) is 3.77. The SMILES string of the molecule is Cc1cccc(C)c1CC1=CC2COCC(C1)N2C(=O)OCC1c2ccccc2-c2ccccc21. The van der Waals surface area contributed by atoms with Crippen LogP contribution in [0.4, 0.5) is 4.79 Å². The Bertz CT molecular complexity index is 1240. The molecule has 3 aromatic rings. The normalized spacial score (nSPS) is 20.7. The maximum absolute atomic E-state index is 13.4. The average molecular weight is 466 g/mol. The lowest BCUT2D eigenvalue weighted by molar-refractivity contribution is -0.0363. The fourth-order valence-electron chi connectivity index (χ4n) is 6.12. The van der Waals surface area contributed by atoms with Crippen LogP contribution in [0.5, 0.6) is 0 Å². The largest absolute Gasteiger partial charge is 0.448 e. The summed E-state index contributed by atoms with van der Waals surface area (Å²) in [7, 11) is 0. The third-order valence-corrected chi connectivity index (χ3v) is 7.87. The topological polar surface area (TPSA) is 38.8 Å². The van der Waals surface area contributed by atoms with Crippen LogP contribution in [0, 0.1) is 13.8 Å². The summed E-state index contributed by atoms with van der Waals surface area (Å²) in [6, 6.07) is 23.3. The molecule has 3 aliphatic rings. The first-order valence-electron chi connectivity index (χ1n) is 12.6. The van der Waals surface area contributed by atoms with E-state index in [4.69, 9.17) is 9.47 Å². The van der Waals surface area contributed by atoms with E-state index in [0.29, 0.717) is 19.8 Å². The zero-order valence-electron chi connectivity index (χ0n) is 20.4. The molecular weight excluding hydrogens is 434 g/mol. The van der Waals surface area contributed by atoms with Crippen molar-refractivity contribution < 1.29 is 14.3 Å². The Morgan fingerprint density at radius 1 is 0.914 bits per heavy atom. The molecule has 1 saturated heterocycles. The predicted octanol–water partition coefficient (Wildman–Crippen LogP) is 6.19. The van der Waals surface area contributed by atoms with Gasteiger partial charge in [0.2, 0.25) is 0 Å². The van der Waals surface area contributed by atoms with E-state index in [1.165, 1.54) is 44.5 Å². The van der Waals surface area contributed by atoms with Gasteiger partial charge in [0.05, 0.1) is 25.3 Å². The Hall–Kier alpha value is -3.37. The van der Waals surface area contributed by atoms with E-state index in [0.717, 1.165) is 12.8 Å². The molecule has 1 amide bonds. The van der Waals surface area contributed by atoms with E-state index < -0.39 is 0 Å². The molecule has 0 N–H and O–H groups in total. The Balaban J connectivity index is 1.19. The predicted molar refractivity (Wildman–Crippen MR) is 138 cm³/mol. The molecule has 0 saturated carbocycles. The number of morpholine rings is 1. The number of amides is 1. The van der Waals surface area contributed by atoms with Gasteiger partial charge in [-0.15, -0.1) is 0 Å². The minimum absolute atomic E-state index is 0.0220. The third-order valence-electron chi connectivity index (χ3n) is 7.87. The minimum atomic E-state index is -0.229. The molecule has 178 valence electrons. The molecule has 4 nitrogen and oxygen atoms in total. The van der Waals surface area contributed by atoms with Gasteiger partial charge < -0.3 is 9.47 Å². The molecule has 1 fully saturated rings. The van der Waals surface area contributed by atoms with Crippen LogP contribution in [0.15, 0.2) is 78.4 Å². The highest BCUT2D eigenvalue weighted by atomic mass is 16.6. The maximum Gasteiger partial charge on any atom is 0.410 e. The molecule has 35 heavy (non-hydrogen) atoms. The van der Waals surface area contributed by atoms with Gasteiger partial charge in [-0.25, -0.2) is 4.79 Å². The van der Waals surface area contributed by atoms with Crippen molar-refractivity contribution in [1.29, 1.82) is 0 Å². The van der Waals surface area contributed by atoms with Crippen molar-refractivity contribution in [1.82, 2.24) is 4.90 Å². The molecule has 0 spiro atoms. The average Bonchev–Trinajstić information content (AvgIpc) is 3.18. The van der Waals surface area contributed by atoms with E-state index in [-0.39, 0.29) is 24.1 Å². The maximum atomic E-state index is 13.4. The van der Waals surface area contributed by atoms with Gasteiger partial charge in [0.15, 0.2) is 0 Å². The molecule has 2 atom stereocenters. The van der Waals surface area contributed by atoms with E-state index in [9.17, 15) is 4.79 Å². The highest BCUT2D eigenvalue weighted by molar-refractivity contribution is 5.79. The van der Waals surface area contributed by atoms with Crippen LogP contribution in [0.3, 0.4) is 0 Å². The first-order chi connectivity index (χ1) is 17.1. The van der Waals surface area contributed by atoms with E-state index in [1.807, 2.05) is 4.90 Å². The summed E-state index contributed by atoms with van der Waals surface area (Å²) >= 11 is 0. The molecule has 6 rings (SSSR count). The lowest BCUT2D eigenvalue weighted by atomic mass is 9.88. The van der Waals surface area contributed by atoms with E-state index in [2.05, 4.69) is 86.7 Å². The third kappa shape index (κ3) is 3.96. The molecular formula is C31H31NO3. The Kier molecular flexibility index (Phi) is 5.69. The zero-order valence-corrected chi connectivity index (χ0v) is 20.4. The standard InChI is InChI=1S/C31H31NO3/c1-20-8-7-9-21(2)29(20)16-22-14-23-17-34-18-24(15-22)32(23)31(33)35-19-30-27-12-5-3-10-25(27)26-11-4-6-13-28(26)30/h3-14,23-24,30H,15-19H2,1-2H3. The van der Waals surface area contributed by atoms with Crippen molar-refractivity contribution in [2.45, 2.75) is 44.7 Å². The number of fused-ring (bicyclic) bond motifs is 5. The second-order valence-electron chi connectivity index (χ2n) is 10.0. The van der Waals surface area contributed by atoms with E-state index in [1.54, 1.807) is 0 Å². The summed E-state index contributed by atoms with van der Waals surface area (Å²) in [5.41, 5.74) is 10.4. The monoisotopic (exact) mass is 465 g/mol. The van der Waals surface area contributed by atoms with Crippen LogP contribution in [0.2, 0.25) is 0 Å². The fraction of sp³-hybridized carbons (Fsp3) is 0.323. The molecule has 2 bridgehead atoms. The number of carbonyl (C=O) groups excluding carboxylic acids is 1. The summed E-state index contributed by atoms with van der Waals surface area (Å²) in [6.45, 7) is 5.79. The number of ether oxygens (including phenoxy) is 2. The molecule has 2 aliphatic heterocycles. The van der Waals surface area contributed by atoms with Crippen molar-refractivity contribution >= 4 is 6.09 Å². The Morgan fingerprint density at radius 3 is 2.23 bits per heavy atom. The van der Waals surface area contributed by atoms with Crippen LogP contribution < -0.4 is 0 Å². The summed E-state index contributed by atoms with van der Waals surface area (Å²) in [4.78, 5) is 15.3. The highest BCUT2D eigenvalue weighted by Gasteiger charge is 2.39. The smallest absolute Gasteiger partial charge is 0.410 e. The number of carbonyl (C=O) groups is 1. The second-order valence-corrected chi connectivity index (χ2v) is 10.0. The number of aryl methyl sites for hydroxylation is 2. The van der Waals surface area contributed by atoms with Crippen LogP contribution in [-0.2, 0) is 15.9 Å². The van der Waals surface area contributed by atoms with Gasteiger partial charge in [-0.1, -0.05) is 78.4 Å². The fourth-order valence-corrected chi connectivity index (χ4v) is 6.12. The van der Waals surface area contributed by atoms with Crippen molar-refractivity contribution in [3.63, 3.8) is 0 Å². The lowest BCUT2D eigenvalue weighted by Gasteiger charge is -2.44. The molecule has 4 heteroatoms. The van der Waals surface area contributed by atoms with Gasteiger partial charge >= 0.3 is 6.09 Å². The Morgan fingerprint density at radius 2 is 1.57 bits per heavy atom. The quantitative estimate of drug-likeness (QED) is 0.431. The minimum Gasteiger partial charge on any atom is -0.448 e. The Labute approximate surface area is 207 Å². The summed E-state index contributed by atoms with van der Waals surface area (Å²) in [5.74, 6) is 0.0716. The van der Waals surface area contributed by atoms with Crippen molar-refractivity contribution in [2.24, 2.45) is 0 Å². The number of benzene rings is 3. The summed E-state index contributed by atoms with van der Waals surface area (Å²) in [5, 5.41) is 0. The van der Waals surface area contributed by atoms with Gasteiger partial charge in [0, 0.05) is 5.92 Å². The molecule has 2 unspecified atom stereocenters. The molecule has 0 radical (unpaired) electrons. The lowest BCUT2D eigenvalue weighted by Crippen LogP contribution is -2.56. The molecule has 1 aliphatic carbocycles. The van der Waals surface area contributed by atoms with Crippen molar-refractivity contribution in [3.8, 4) is 11.1 Å². The van der Waals surface area contributed by atoms with Crippen molar-refractivity contribution in [3.05, 3.63) is 106 Å². The van der Waals surface area contributed by atoms with Gasteiger partial charge in [-0.3, -0.25) is 4.90 Å². The van der Waals surface area contributed by atoms with Crippen LogP contribution in [0.25, 0.3) is 11.1 Å². The number of rotatable bonds is 4. The zero-order chi connectivity index (χ0) is 23.9. The summed E-state index contributed by atoms with van der Waals surface area (Å²) < 4.78 is 11.8. The number of nitrogens with zero attached hydrogens (tertiary/aromatic N) is 1. The molecule has 3 aromatic carbocycles. The van der Waals surface area contributed by atoms with Gasteiger partial charge in [-0.05, 0) is 65.6 Å². The molecule has 0 aromatic heterocycles. The van der Waals surface area contributed by atoms with Gasteiger partial charge in [0.25, 0.3) is 0 Å². The van der Waals surface area contributed by atoms with Gasteiger partial charge in [-0.2, -0.15) is 0 Å². The van der Waals surface area contributed by atoms with Crippen LogP contribution in [-0.4, -0.2) is 42.9 Å². The number of hydrogen-bond acceptors (Lipinski definition) is 3. The van der Waals surface area contributed by atoms with E-state index >= 15 is 0 Å². The van der Waals surface area contributed by atoms with Crippen molar-refractivity contribution in [2.75, 3.05) is 19.8 Å². The number of hydrogen-bond donors (Lipinski definition) is 0.